The van der Waals surface area contributed by atoms with Crippen LogP contribution in [0.4, 0.5) is 0 Å². The molecule has 1 unspecified atom stereocenters. The van der Waals surface area contributed by atoms with Gasteiger partial charge in [-0.3, -0.25) is 0 Å². The molecule has 4 nitrogen and oxygen atoms in total. The van der Waals surface area contributed by atoms with Gasteiger partial charge in [-0.2, -0.15) is 4.31 Å². The Morgan fingerprint density at radius 1 is 1.33 bits per heavy atom. The Kier molecular flexibility index (Phi) is 7.87. The van der Waals surface area contributed by atoms with Crippen LogP contribution in [0.5, 0.6) is 0 Å². The van der Waals surface area contributed by atoms with E-state index >= 15 is 0 Å². The second-order valence-corrected chi connectivity index (χ2v) is 8.50. The number of hydrogen-bond donors (Lipinski definition) is 1. The number of thiophene rings is 1. The van der Waals surface area contributed by atoms with Crippen molar-refractivity contribution in [1.29, 1.82) is 0 Å². The molecule has 1 heterocycles. The highest BCUT2D eigenvalue weighted by Crippen LogP contribution is 2.25. The third-order valence-electron chi connectivity index (χ3n) is 3.54. The van der Waals surface area contributed by atoms with Crippen LogP contribution in [0.3, 0.4) is 0 Å². The molecule has 0 saturated carbocycles. The van der Waals surface area contributed by atoms with E-state index in [1.807, 2.05) is 18.4 Å². The van der Waals surface area contributed by atoms with Crippen LogP contribution in [0.25, 0.3) is 0 Å². The van der Waals surface area contributed by atoms with Crippen molar-refractivity contribution in [2.24, 2.45) is 5.92 Å². The molecular formula is C15H28N2O2S2. The third-order valence-corrected chi connectivity index (χ3v) is 6.95. The van der Waals surface area contributed by atoms with Crippen molar-refractivity contribution in [2.75, 3.05) is 19.6 Å². The maximum Gasteiger partial charge on any atom is 0.252 e. The van der Waals surface area contributed by atoms with Gasteiger partial charge in [-0.1, -0.05) is 34.1 Å². The largest absolute Gasteiger partial charge is 0.313 e. The molecule has 0 saturated heterocycles. The van der Waals surface area contributed by atoms with Crippen molar-refractivity contribution < 1.29 is 8.42 Å². The average molecular weight is 333 g/mol. The molecule has 0 aliphatic rings. The van der Waals surface area contributed by atoms with Gasteiger partial charge in [-0.15, -0.1) is 11.3 Å². The van der Waals surface area contributed by atoms with Crippen molar-refractivity contribution >= 4 is 21.4 Å². The van der Waals surface area contributed by atoms with Crippen molar-refractivity contribution in [3.05, 3.63) is 17.0 Å². The monoisotopic (exact) mass is 332 g/mol. The maximum absolute atomic E-state index is 12.7. The lowest BCUT2D eigenvalue weighted by Gasteiger charge is -2.22. The Balaban J connectivity index is 2.81. The zero-order chi connectivity index (χ0) is 15.9. The highest BCUT2D eigenvalue weighted by molar-refractivity contribution is 7.91. The molecule has 0 aliphatic carbocycles. The van der Waals surface area contributed by atoms with Crippen molar-refractivity contribution in [2.45, 2.75) is 51.3 Å². The van der Waals surface area contributed by atoms with Crippen LogP contribution < -0.4 is 5.32 Å². The van der Waals surface area contributed by atoms with Gasteiger partial charge in [-0.25, -0.2) is 8.42 Å². The smallest absolute Gasteiger partial charge is 0.252 e. The Morgan fingerprint density at radius 3 is 2.62 bits per heavy atom. The summed E-state index contributed by atoms with van der Waals surface area (Å²) in [5.74, 6) is 0.380. The molecule has 1 aromatic heterocycles. The van der Waals surface area contributed by atoms with Crippen LogP contribution in [0.15, 0.2) is 15.7 Å². The summed E-state index contributed by atoms with van der Waals surface area (Å²) in [5.41, 5.74) is 1.05. The summed E-state index contributed by atoms with van der Waals surface area (Å²) in [6, 6.07) is 1.81. The highest BCUT2D eigenvalue weighted by atomic mass is 32.2. The molecule has 0 bridgehead atoms. The second kappa shape index (κ2) is 8.88. The summed E-state index contributed by atoms with van der Waals surface area (Å²) in [5, 5.41) is 5.24. The van der Waals surface area contributed by atoms with Gasteiger partial charge in [0.2, 0.25) is 0 Å². The van der Waals surface area contributed by atoms with E-state index in [1.165, 1.54) is 11.3 Å². The Labute approximate surface area is 133 Å². The lowest BCUT2D eigenvalue weighted by molar-refractivity contribution is 0.362. The molecule has 0 aromatic carbocycles. The molecule has 0 radical (unpaired) electrons. The first-order valence-corrected chi connectivity index (χ1v) is 10.1. The summed E-state index contributed by atoms with van der Waals surface area (Å²) < 4.78 is 27.4. The standard InChI is InChI=1S/C15H28N2O2S2/c1-5-8-16-10-14-9-15(20-12-14)21(18,19)17(7-3)11-13(4)6-2/h9,12-13,16H,5-8,10-11H2,1-4H3. The Morgan fingerprint density at radius 2 is 2.05 bits per heavy atom. The third kappa shape index (κ3) is 5.36. The normalized spacial score (nSPS) is 13.8. The van der Waals surface area contributed by atoms with Crippen LogP contribution in [0.1, 0.15) is 46.1 Å². The van der Waals surface area contributed by atoms with E-state index in [-0.39, 0.29) is 0 Å². The quantitative estimate of drug-likeness (QED) is 0.669. The number of rotatable bonds is 10. The number of nitrogens with one attached hydrogen (secondary N) is 1. The van der Waals surface area contributed by atoms with E-state index in [1.54, 1.807) is 4.31 Å². The predicted molar refractivity (Wildman–Crippen MR) is 90.2 cm³/mol. The zero-order valence-electron chi connectivity index (χ0n) is 13.6. The van der Waals surface area contributed by atoms with Gasteiger partial charge in [0.25, 0.3) is 10.0 Å². The molecule has 0 aliphatic heterocycles. The fraction of sp³-hybridized carbons (Fsp3) is 0.733. The first-order chi connectivity index (χ1) is 9.95. The first-order valence-electron chi connectivity index (χ1n) is 7.73. The molecule has 21 heavy (non-hydrogen) atoms. The average Bonchev–Trinajstić information content (AvgIpc) is 2.94. The van der Waals surface area contributed by atoms with Gasteiger partial charge in [0.1, 0.15) is 4.21 Å². The zero-order valence-corrected chi connectivity index (χ0v) is 15.2. The van der Waals surface area contributed by atoms with Crippen LogP contribution in [0.2, 0.25) is 0 Å². The molecule has 1 atom stereocenters. The highest BCUT2D eigenvalue weighted by Gasteiger charge is 2.25. The fourth-order valence-corrected chi connectivity index (χ4v) is 4.92. The molecular weight excluding hydrogens is 304 g/mol. The van der Waals surface area contributed by atoms with Gasteiger partial charge in [-0.05, 0) is 35.9 Å². The van der Waals surface area contributed by atoms with E-state index in [2.05, 4.69) is 26.1 Å². The molecule has 122 valence electrons. The SMILES string of the molecule is CCCNCc1csc(S(=O)(=O)N(CC)CC(C)CC)c1. The van der Waals surface area contributed by atoms with Crippen molar-refractivity contribution in [3.63, 3.8) is 0 Å². The van der Waals surface area contributed by atoms with Gasteiger partial charge in [0, 0.05) is 19.6 Å². The Hall–Kier alpha value is -0.430. The van der Waals surface area contributed by atoms with E-state index < -0.39 is 10.0 Å². The van der Waals surface area contributed by atoms with Gasteiger partial charge in [0.15, 0.2) is 0 Å². The number of hydrogen-bond acceptors (Lipinski definition) is 4. The van der Waals surface area contributed by atoms with Crippen LogP contribution in [0, 0.1) is 5.92 Å². The van der Waals surface area contributed by atoms with Crippen molar-refractivity contribution in [1.82, 2.24) is 9.62 Å². The molecule has 0 fully saturated rings. The molecule has 1 N–H and O–H groups in total. The minimum Gasteiger partial charge on any atom is -0.313 e. The van der Waals surface area contributed by atoms with E-state index in [4.69, 9.17) is 0 Å². The van der Waals surface area contributed by atoms with E-state index in [9.17, 15) is 8.42 Å². The fourth-order valence-electron chi connectivity index (χ4n) is 1.99. The topological polar surface area (TPSA) is 49.4 Å². The minimum absolute atomic E-state index is 0.380. The maximum atomic E-state index is 12.7. The minimum atomic E-state index is -3.34. The number of sulfonamides is 1. The lowest BCUT2D eigenvalue weighted by Crippen LogP contribution is -2.34. The summed E-state index contributed by atoms with van der Waals surface area (Å²) in [6.45, 7) is 11.0. The lowest BCUT2D eigenvalue weighted by atomic mass is 10.1. The van der Waals surface area contributed by atoms with Gasteiger partial charge >= 0.3 is 0 Å². The molecule has 0 spiro atoms. The van der Waals surface area contributed by atoms with E-state index in [0.29, 0.717) is 23.2 Å². The molecule has 1 aromatic rings. The summed E-state index contributed by atoms with van der Waals surface area (Å²) >= 11 is 1.32. The second-order valence-electron chi connectivity index (χ2n) is 5.42. The number of nitrogens with zero attached hydrogens (tertiary/aromatic N) is 1. The van der Waals surface area contributed by atoms with E-state index in [0.717, 1.165) is 31.5 Å². The van der Waals surface area contributed by atoms with Gasteiger partial charge < -0.3 is 5.32 Å². The summed E-state index contributed by atoms with van der Waals surface area (Å²) in [6.07, 6.45) is 2.07. The summed E-state index contributed by atoms with van der Waals surface area (Å²) in [4.78, 5) is 0. The predicted octanol–water partition coefficient (Wildman–Crippen LogP) is 3.30. The van der Waals surface area contributed by atoms with Crippen molar-refractivity contribution in [3.8, 4) is 0 Å². The molecule has 6 heteroatoms. The molecule has 1 rings (SSSR count). The Bertz CT molecular complexity index is 511. The van der Waals surface area contributed by atoms with Crippen LogP contribution in [-0.2, 0) is 16.6 Å². The van der Waals surface area contributed by atoms with Crippen LogP contribution >= 0.6 is 11.3 Å². The summed E-state index contributed by atoms with van der Waals surface area (Å²) in [7, 11) is -3.34. The van der Waals surface area contributed by atoms with Crippen LogP contribution in [-0.4, -0.2) is 32.4 Å². The molecule has 0 amide bonds. The first kappa shape index (κ1) is 18.6. The van der Waals surface area contributed by atoms with Gasteiger partial charge in [0.05, 0.1) is 0 Å².